The SMILES string of the molecule is CCNC(=NCc1ncc(C(C)(C)C)o1)N1CCS(=O)(=O)C(C)(C)C1. The van der Waals surface area contributed by atoms with E-state index in [1.165, 1.54) is 0 Å². The summed E-state index contributed by atoms with van der Waals surface area (Å²) >= 11 is 0. The van der Waals surface area contributed by atoms with Gasteiger partial charge in [-0.15, -0.1) is 0 Å². The predicted molar refractivity (Wildman–Crippen MR) is 99.5 cm³/mol. The summed E-state index contributed by atoms with van der Waals surface area (Å²) in [4.78, 5) is 10.9. The van der Waals surface area contributed by atoms with Crippen LogP contribution in [0.4, 0.5) is 0 Å². The van der Waals surface area contributed by atoms with Crippen molar-refractivity contribution in [3.8, 4) is 0 Å². The van der Waals surface area contributed by atoms with Gasteiger partial charge in [0.1, 0.15) is 12.3 Å². The smallest absolute Gasteiger partial charge is 0.216 e. The zero-order valence-corrected chi connectivity index (χ0v) is 16.9. The molecular formula is C17H30N4O3S. The molecule has 1 aromatic rings. The molecule has 1 saturated heterocycles. The highest BCUT2D eigenvalue weighted by Gasteiger charge is 2.41. The molecule has 0 unspecified atom stereocenters. The lowest BCUT2D eigenvalue weighted by molar-refractivity contribution is 0.351. The van der Waals surface area contributed by atoms with Crippen molar-refractivity contribution < 1.29 is 12.8 Å². The van der Waals surface area contributed by atoms with Crippen LogP contribution in [0.1, 0.15) is 53.2 Å². The van der Waals surface area contributed by atoms with E-state index in [1.54, 1.807) is 20.0 Å². The van der Waals surface area contributed by atoms with E-state index in [1.807, 2.05) is 11.8 Å². The van der Waals surface area contributed by atoms with Gasteiger partial charge >= 0.3 is 0 Å². The molecule has 1 fully saturated rings. The Morgan fingerprint density at radius 2 is 2.12 bits per heavy atom. The van der Waals surface area contributed by atoms with Gasteiger partial charge in [-0.05, 0) is 20.8 Å². The number of aromatic nitrogens is 1. The van der Waals surface area contributed by atoms with Gasteiger partial charge in [0.05, 0.1) is 16.7 Å². The first-order chi connectivity index (χ1) is 11.5. The fraction of sp³-hybridized carbons (Fsp3) is 0.765. The Morgan fingerprint density at radius 1 is 1.44 bits per heavy atom. The second-order valence-corrected chi connectivity index (χ2v) is 10.8. The van der Waals surface area contributed by atoms with Crippen LogP contribution in [0.3, 0.4) is 0 Å². The van der Waals surface area contributed by atoms with Gasteiger partial charge in [0.15, 0.2) is 15.8 Å². The van der Waals surface area contributed by atoms with E-state index in [2.05, 4.69) is 36.1 Å². The Kier molecular flexibility index (Phi) is 5.51. The standard InChI is InChI=1S/C17H30N4O3S/c1-7-18-15(21-8-9-25(22,23)17(5,6)12-21)20-11-14-19-10-13(24-14)16(2,3)4/h10H,7-9,11-12H2,1-6H3,(H,18,20). The van der Waals surface area contributed by atoms with Crippen molar-refractivity contribution in [1.29, 1.82) is 0 Å². The van der Waals surface area contributed by atoms with E-state index in [0.29, 0.717) is 38.0 Å². The number of rotatable bonds is 3. The minimum atomic E-state index is -3.08. The van der Waals surface area contributed by atoms with Crippen LogP contribution in [0.5, 0.6) is 0 Å². The van der Waals surface area contributed by atoms with E-state index < -0.39 is 14.6 Å². The third kappa shape index (κ3) is 4.54. The van der Waals surface area contributed by atoms with Crippen LogP contribution in [-0.2, 0) is 21.8 Å². The van der Waals surface area contributed by atoms with Gasteiger partial charge < -0.3 is 14.6 Å². The molecule has 2 rings (SSSR count). The van der Waals surface area contributed by atoms with Gasteiger partial charge in [0.25, 0.3) is 0 Å². The van der Waals surface area contributed by atoms with E-state index in [9.17, 15) is 8.42 Å². The lowest BCUT2D eigenvalue weighted by Gasteiger charge is -2.39. The van der Waals surface area contributed by atoms with Crippen LogP contribution in [-0.4, -0.2) is 54.4 Å². The van der Waals surface area contributed by atoms with Crippen molar-refractivity contribution in [2.75, 3.05) is 25.4 Å². The summed E-state index contributed by atoms with van der Waals surface area (Å²) in [7, 11) is -3.08. The summed E-state index contributed by atoms with van der Waals surface area (Å²) in [5.74, 6) is 2.22. The van der Waals surface area contributed by atoms with Gasteiger partial charge in [-0.25, -0.2) is 18.4 Å². The quantitative estimate of drug-likeness (QED) is 0.646. The minimum Gasteiger partial charge on any atom is -0.443 e. The lowest BCUT2D eigenvalue weighted by Crippen LogP contribution is -2.57. The van der Waals surface area contributed by atoms with Crippen molar-refractivity contribution in [1.82, 2.24) is 15.2 Å². The second kappa shape index (κ2) is 6.97. The molecule has 142 valence electrons. The molecule has 0 atom stereocenters. The van der Waals surface area contributed by atoms with Gasteiger partial charge in [-0.3, -0.25) is 0 Å². The molecule has 0 amide bonds. The fourth-order valence-electron chi connectivity index (χ4n) is 2.62. The molecule has 25 heavy (non-hydrogen) atoms. The summed E-state index contributed by atoms with van der Waals surface area (Å²) in [6, 6.07) is 0. The van der Waals surface area contributed by atoms with E-state index in [0.717, 1.165) is 5.76 Å². The largest absolute Gasteiger partial charge is 0.443 e. The maximum absolute atomic E-state index is 12.2. The highest BCUT2D eigenvalue weighted by atomic mass is 32.2. The van der Waals surface area contributed by atoms with Crippen LogP contribution in [0.25, 0.3) is 0 Å². The lowest BCUT2D eigenvalue weighted by atomic mass is 9.94. The van der Waals surface area contributed by atoms with Gasteiger partial charge in [0.2, 0.25) is 5.89 Å². The molecule has 7 nitrogen and oxygen atoms in total. The topological polar surface area (TPSA) is 87.8 Å². The average molecular weight is 371 g/mol. The molecule has 0 bridgehead atoms. The molecule has 1 N–H and O–H groups in total. The van der Waals surface area contributed by atoms with Crippen LogP contribution < -0.4 is 5.32 Å². The van der Waals surface area contributed by atoms with Gasteiger partial charge in [-0.1, -0.05) is 20.8 Å². The van der Waals surface area contributed by atoms with Crippen LogP contribution in [0.15, 0.2) is 15.6 Å². The van der Waals surface area contributed by atoms with Crippen molar-refractivity contribution in [2.24, 2.45) is 4.99 Å². The third-order valence-corrected chi connectivity index (χ3v) is 6.87. The molecule has 1 aliphatic heterocycles. The number of aliphatic imine (C=N–C) groups is 1. The molecule has 0 radical (unpaired) electrons. The average Bonchev–Trinajstić information content (AvgIpc) is 2.95. The van der Waals surface area contributed by atoms with Crippen LogP contribution in [0, 0.1) is 0 Å². The van der Waals surface area contributed by atoms with Crippen molar-refractivity contribution in [3.05, 3.63) is 17.8 Å². The number of nitrogens with one attached hydrogen (secondary N) is 1. The van der Waals surface area contributed by atoms with Gasteiger partial charge in [0, 0.05) is 25.0 Å². The summed E-state index contributed by atoms with van der Waals surface area (Å²) in [6.45, 7) is 13.6. The third-order valence-electron chi connectivity index (χ3n) is 4.33. The van der Waals surface area contributed by atoms with Gasteiger partial charge in [-0.2, -0.15) is 0 Å². The number of guanidine groups is 1. The molecular weight excluding hydrogens is 340 g/mol. The Hall–Kier alpha value is -1.57. The molecule has 2 heterocycles. The predicted octanol–water partition coefficient (Wildman–Crippen LogP) is 1.95. The van der Waals surface area contributed by atoms with E-state index in [-0.39, 0.29) is 11.2 Å². The summed E-state index contributed by atoms with van der Waals surface area (Å²) in [5, 5.41) is 3.24. The number of sulfone groups is 1. The molecule has 8 heteroatoms. The zero-order valence-electron chi connectivity index (χ0n) is 16.1. The number of oxazole rings is 1. The second-order valence-electron chi connectivity index (χ2n) is 8.04. The fourth-order valence-corrected chi connectivity index (χ4v) is 3.99. The Bertz CT molecular complexity index is 729. The van der Waals surface area contributed by atoms with Crippen molar-refractivity contribution in [3.63, 3.8) is 0 Å². The van der Waals surface area contributed by atoms with Crippen LogP contribution >= 0.6 is 0 Å². The molecule has 1 aromatic heterocycles. The molecule has 0 aliphatic carbocycles. The van der Waals surface area contributed by atoms with Crippen LogP contribution in [0.2, 0.25) is 0 Å². The highest BCUT2D eigenvalue weighted by molar-refractivity contribution is 7.92. The number of hydrogen-bond donors (Lipinski definition) is 1. The summed E-state index contributed by atoms with van der Waals surface area (Å²) < 4.78 is 29.4. The molecule has 0 aromatic carbocycles. The van der Waals surface area contributed by atoms with E-state index in [4.69, 9.17) is 4.42 Å². The molecule has 1 aliphatic rings. The minimum absolute atomic E-state index is 0.0925. The zero-order chi connectivity index (χ0) is 18.9. The van der Waals surface area contributed by atoms with Crippen molar-refractivity contribution in [2.45, 2.75) is 58.2 Å². The number of nitrogens with zero attached hydrogens (tertiary/aromatic N) is 3. The number of hydrogen-bond acceptors (Lipinski definition) is 5. The summed E-state index contributed by atoms with van der Waals surface area (Å²) in [6.07, 6.45) is 1.74. The highest BCUT2D eigenvalue weighted by Crippen LogP contribution is 2.24. The normalized spacial score (nSPS) is 20.6. The Balaban J connectivity index is 2.15. The summed E-state index contributed by atoms with van der Waals surface area (Å²) in [5.41, 5.74) is -0.0925. The maximum Gasteiger partial charge on any atom is 0.216 e. The first kappa shape index (κ1) is 19.8. The van der Waals surface area contributed by atoms with Crippen molar-refractivity contribution >= 4 is 15.8 Å². The van der Waals surface area contributed by atoms with E-state index >= 15 is 0 Å². The Labute approximate surface area is 150 Å². The first-order valence-corrected chi connectivity index (χ1v) is 10.3. The first-order valence-electron chi connectivity index (χ1n) is 8.67. The Morgan fingerprint density at radius 3 is 2.64 bits per heavy atom. The monoisotopic (exact) mass is 370 g/mol. The molecule has 0 saturated carbocycles. The molecule has 0 spiro atoms. The maximum atomic E-state index is 12.2.